The summed E-state index contributed by atoms with van der Waals surface area (Å²) in [6, 6.07) is 0. The van der Waals surface area contributed by atoms with Crippen molar-refractivity contribution in [1.29, 1.82) is 0 Å². The Kier molecular flexibility index (Phi) is 42.5. The quantitative estimate of drug-likeness (QED) is 0.0196. The Labute approximate surface area is 415 Å². The van der Waals surface area contributed by atoms with E-state index in [1.807, 2.05) is 0 Å². The number of hydrogen-bond donors (Lipinski definition) is 4. The second kappa shape index (κ2) is 45.0. The van der Waals surface area contributed by atoms with Crippen molar-refractivity contribution >= 4 is 22.1 Å². The lowest BCUT2D eigenvalue weighted by Crippen LogP contribution is -2.60. The molecular formula is C55H102O12S. The highest BCUT2D eigenvalue weighted by Crippen LogP contribution is 2.24. The maximum absolute atomic E-state index is 12.9. The number of unbranched alkanes of at least 4 members (excludes halogenated alkanes) is 32. The highest BCUT2D eigenvalue weighted by molar-refractivity contribution is 7.85. The Morgan fingerprint density at radius 1 is 0.500 bits per heavy atom. The first-order chi connectivity index (χ1) is 33.0. The zero-order valence-corrected chi connectivity index (χ0v) is 44.0. The molecule has 6 unspecified atom stereocenters. The number of carbonyl (C=O) groups is 2. The van der Waals surface area contributed by atoms with E-state index in [1.165, 1.54) is 154 Å². The van der Waals surface area contributed by atoms with Gasteiger partial charge in [-0.25, -0.2) is 0 Å². The molecule has 1 fully saturated rings. The molecule has 12 nitrogen and oxygen atoms in total. The van der Waals surface area contributed by atoms with Crippen molar-refractivity contribution in [3.63, 3.8) is 0 Å². The summed E-state index contributed by atoms with van der Waals surface area (Å²) >= 11 is 0. The van der Waals surface area contributed by atoms with E-state index in [0.717, 1.165) is 64.2 Å². The Balaban J connectivity index is 2.30. The van der Waals surface area contributed by atoms with Crippen LogP contribution in [-0.2, 0) is 38.7 Å². The third-order valence-electron chi connectivity index (χ3n) is 13.0. The molecule has 0 aliphatic carbocycles. The highest BCUT2D eigenvalue weighted by atomic mass is 32.2. The molecule has 4 N–H and O–H groups in total. The van der Waals surface area contributed by atoms with Gasteiger partial charge in [-0.15, -0.1) is 0 Å². The van der Waals surface area contributed by atoms with Crippen LogP contribution in [0.5, 0.6) is 0 Å². The summed E-state index contributed by atoms with van der Waals surface area (Å²) in [5.41, 5.74) is 0. The zero-order valence-electron chi connectivity index (χ0n) is 43.2. The van der Waals surface area contributed by atoms with Crippen molar-refractivity contribution in [2.45, 2.75) is 295 Å². The molecule has 1 aliphatic heterocycles. The lowest BCUT2D eigenvalue weighted by atomic mass is 10.00. The molecule has 68 heavy (non-hydrogen) atoms. The Morgan fingerprint density at radius 2 is 0.882 bits per heavy atom. The van der Waals surface area contributed by atoms with Crippen molar-refractivity contribution in [2.75, 3.05) is 19.0 Å². The third-order valence-corrected chi connectivity index (χ3v) is 13.8. The van der Waals surface area contributed by atoms with E-state index in [0.29, 0.717) is 12.8 Å². The minimum atomic E-state index is -4.61. The molecule has 0 aromatic rings. The fourth-order valence-electron chi connectivity index (χ4n) is 8.71. The molecule has 13 heteroatoms. The highest BCUT2D eigenvalue weighted by Gasteiger charge is 2.46. The minimum absolute atomic E-state index is 0.151. The van der Waals surface area contributed by atoms with Gasteiger partial charge in [0.25, 0.3) is 10.1 Å². The smallest absolute Gasteiger partial charge is 0.306 e. The standard InChI is InChI=1S/C55H102O12S/c1-3-5-7-9-11-13-15-17-19-21-22-23-24-25-26-27-28-30-31-33-35-37-39-41-43-50(56)64-45-48(46-65-55-54(60)53(59)52(58)49(67-55)47-68(61,62)63)66-51(57)44-42-40-38-36-34-32-29-20-18-16-14-12-10-8-6-4-2/h14,16,20,29,48-49,52-55,58-60H,3-13,15,17-19,21-28,30-47H2,1-2H3,(H,61,62,63)/b16-14-,29-20-. The van der Waals surface area contributed by atoms with E-state index in [9.17, 15) is 37.9 Å². The van der Waals surface area contributed by atoms with E-state index >= 15 is 0 Å². The van der Waals surface area contributed by atoms with Crippen LogP contribution in [0.3, 0.4) is 0 Å². The van der Waals surface area contributed by atoms with Crippen LogP contribution in [0, 0.1) is 0 Å². The topological polar surface area (TPSA) is 186 Å². The van der Waals surface area contributed by atoms with Crippen molar-refractivity contribution in [3.05, 3.63) is 24.3 Å². The van der Waals surface area contributed by atoms with Gasteiger partial charge < -0.3 is 34.3 Å². The number of carbonyl (C=O) groups excluding carboxylic acids is 2. The van der Waals surface area contributed by atoms with Gasteiger partial charge in [0.2, 0.25) is 0 Å². The van der Waals surface area contributed by atoms with E-state index in [-0.39, 0.29) is 19.4 Å². The van der Waals surface area contributed by atoms with Gasteiger partial charge in [-0.1, -0.05) is 224 Å². The zero-order chi connectivity index (χ0) is 49.8. The van der Waals surface area contributed by atoms with Crippen molar-refractivity contribution in [2.24, 2.45) is 0 Å². The van der Waals surface area contributed by atoms with Crippen molar-refractivity contribution in [1.82, 2.24) is 0 Å². The number of esters is 2. The molecule has 0 amide bonds. The SMILES string of the molecule is CCCCCC/C=C\C/C=C\CCCCCCCC(=O)OC(COC(=O)CCCCCCCCCCCCCCCCCCCCCCCCCC)COC1OC(CS(=O)(=O)O)C(O)C(O)C1O. The van der Waals surface area contributed by atoms with Crippen LogP contribution in [0.2, 0.25) is 0 Å². The van der Waals surface area contributed by atoms with Crippen LogP contribution in [-0.4, -0.2) is 96.0 Å². The summed E-state index contributed by atoms with van der Waals surface area (Å²) in [5, 5.41) is 31.0. The predicted molar refractivity (Wildman–Crippen MR) is 275 cm³/mol. The molecule has 1 rings (SSSR count). The maximum Gasteiger partial charge on any atom is 0.306 e. The number of aliphatic hydroxyl groups excluding tert-OH is 3. The molecule has 0 bridgehead atoms. The average Bonchev–Trinajstić information content (AvgIpc) is 3.31. The van der Waals surface area contributed by atoms with Crippen LogP contribution >= 0.6 is 0 Å². The van der Waals surface area contributed by atoms with E-state index < -0.39 is 71.2 Å². The van der Waals surface area contributed by atoms with Crippen LogP contribution in [0.15, 0.2) is 24.3 Å². The van der Waals surface area contributed by atoms with Gasteiger partial charge in [0.15, 0.2) is 12.4 Å². The largest absolute Gasteiger partial charge is 0.462 e. The first-order valence-corrected chi connectivity index (χ1v) is 29.5. The second-order valence-corrected chi connectivity index (χ2v) is 21.1. The molecule has 0 aromatic carbocycles. The van der Waals surface area contributed by atoms with Gasteiger partial charge in [0.05, 0.1) is 6.61 Å². The number of hydrogen-bond acceptors (Lipinski definition) is 11. The average molecular weight is 987 g/mol. The molecule has 0 saturated carbocycles. The normalized spacial score (nSPS) is 19.3. The third kappa shape index (κ3) is 38.8. The van der Waals surface area contributed by atoms with E-state index in [2.05, 4.69) is 38.2 Å². The van der Waals surface area contributed by atoms with Crippen molar-refractivity contribution < 1.29 is 56.8 Å². The summed E-state index contributed by atoms with van der Waals surface area (Å²) in [6.45, 7) is 3.78. The summed E-state index contributed by atoms with van der Waals surface area (Å²) < 4.78 is 54.3. The molecular weight excluding hydrogens is 885 g/mol. The van der Waals surface area contributed by atoms with Gasteiger partial charge in [-0.3, -0.25) is 14.1 Å². The minimum Gasteiger partial charge on any atom is -0.462 e. The molecule has 1 heterocycles. The Morgan fingerprint density at radius 3 is 1.31 bits per heavy atom. The predicted octanol–water partition coefficient (Wildman–Crippen LogP) is 13.1. The fraction of sp³-hybridized carbons (Fsp3) is 0.891. The molecule has 1 saturated heterocycles. The fourth-order valence-corrected chi connectivity index (χ4v) is 9.40. The number of allylic oxidation sites excluding steroid dienone is 4. The maximum atomic E-state index is 12.9. The molecule has 0 radical (unpaired) electrons. The van der Waals surface area contributed by atoms with Gasteiger partial charge in [0, 0.05) is 12.8 Å². The molecule has 400 valence electrons. The summed E-state index contributed by atoms with van der Waals surface area (Å²) in [7, 11) is -4.61. The van der Waals surface area contributed by atoms with E-state index in [4.69, 9.17) is 18.9 Å². The lowest BCUT2D eigenvalue weighted by molar-refractivity contribution is -0.297. The number of ether oxygens (including phenoxy) is 4. The van der Waals surface area contributed by atoms with Gasteiger partial charge in [-0.05, 0) is 44.9 Å². The first-order valence-electron chi connectivity index (χ1n) is 27.9. The summed E-state index contributed by atoms with van der Waals surface area (Å²) in [4.78, 5) is 25.6. The van der Waals surface area contributed by atoms with Crippen molar-refractivity contribution in [3.8, 4) is 0 Å². The molecule has 0 aromatic heterocycles. The van der Waals surface area contributed by atoms with Crippen LogP contribution in [0.1, 0.15) is 258 Å². The molecule has 1 aliphatic rings. The van der Waals surface area contributed by atoms with Gasteiger partial charge in [0.1, 0.15) is 36.8 Å². The second-order valence-electron chi connectivity index (χ2n) is 19.6. The monoisotopic (exact) mass is 987 g/mol. The number of rotatable bonds is 48. The molecule has 0 spiro atoms. The van der Waals surface area contributed by atoms with Gasteiger partial charge in [-0.2, -0.15) is 8.42 Å². The molecule has 6 atom stereocenters. The van der Waals surface area contributed by atoms with Crippen LogP contribution in [0.4, 0.5) is 0 Å². The van der Waals surface area contributed by atoms with Gasteiger partial charge >= 0.3 is 11.9 Å². The Hall–Kier alpha value is -1.87. The Bertz CT molecular complexity index is 1340. The summed E-state index contributed by atoms with van der Waals surface area (Å²) in [6.07, 6.45) is 43.7. The van der Waals surface area contributed by atoms with Crippen LogP contribution in [0.25, 0.3) is 0 Å². The lowest BCUT2D eigenvalue weighted by Gasteiger charge is -2.40. The van der Waals surface area contributed by atoms with Crippen LogP contribution < -0.4 is 0 Å². The first kappa shape index (κ1) is 64.1. The summed E-state index contributed by atoms with van der Waals surface area (Å²) in [5.74, 6) is -1.98. The number of aliphatic hydroxyl groups is 3. The van der Waals surface area contributed by atoms with E-state index in [1.54, 1.807) is 0 Å².